The highest BCUT2D eigenvalue weighted by atomic mass is 16.5. The first-order valence-electron chi connectivity index (χ1n) is 11.9. The van der Waals surface area contributed by atoms with Gasteiger partial charge in [0.05, 0.1) is 25.0 Å². The van der Waals surface area contributed by atoms with Crippen molar-refractivity contribution in [1.29, 1.82) is 5.41 Å². The Balaban J connectivity index is 1.34. The van der Waals surface area contributed by atoms with Crippen LogP contribution in [0.4, 0.5) is 11.4 Å². The van der Waals surface area contributed by atoms with Crippen molar-refractivity contribution < 1.29 is 9.53 Å². The summed E-state index contributed by atoms with van der Waals surface area (Å²) in [6.07, 6.45) is 2.25. The van der Waals surface area contributed by atoms with Crippen molar-refractivity contribution in [2.24, 2.45) is 5.92 Å². The van der Waals surface area contributed by atoms with Crippen molar-refractivity contribution in [2.45, 2.75) is 18.9 Å². The number of amides is 1. The highest BCUT2D eigenvalue weighted by molar-refractivity contribution is 6.15. The lowest BCUT2D eigenvalue weighted by molar-refractivity contribution is 0.0931. The van der Waals surface area contributed by atoms with Crippen LogP contribution in [0.2, 0.25) is 0 Å². The number of anilines is 2. The van der Waals surface area contributed by atoms with Gasteiger partial charge in [0, 0.05) is 41.2 Å². The molecule has 0 bridgehead atoms. The normalized spacial score (nSPS) is 16.6. The van der Waals surface area contributed by atoms with E-state index < -0.39 is 0 Å². The molecule has 174 valence electrons. The molecule has 1 heterocycles. The predicted octanol–water partition coefficient (Wildman–Crippen LogP) is 4.40. The predicted molar refractivity (Wildman–Crippen MR) is 136 cm³/mol. The molecule has 4 N–H and O–H groups in total. The maximum atomic E-state index is 13.2. The second-order valence-corrected chi connectivity index (χ2v) is 9.02. The number of nitrogens with one attached hydrogen (secondary N) is 2. The molecule has 5 rings (SSSR count). The third-order valence-corrected chi connectivity index (χ3v) is 6.66. The van der Waals surface area contributed by atoms with Crippen LogP contribution in [-0.2, 0) is 4.74 Å². The van der Waals surface area contributed by atoms with E-state index in [-0.39, 0.29) is 11.9 Å². The van der Waals surface area contributed by atoms with E-state index in [1.165, 1.54) is 0 Å². The monoisotopic (exact) mass is 454 g/mol. The van der Waals surface area contributed by atoms with E-state index in [4.69, 9.17) is 15.9 Å². The summed E-state index contributed by atoms with van der Waals surface area (Å²) >= 11 is 0. The van der Waals surface area contributed by atoms with Gasteiger partial charge in [-0.3, -0.25) is 10.2 Å². The van der Waals surface area contributed by atoms with Gasteiger partial charge in [0.15, 0.2) is 0 Å². The van der Waals surface area contributed by atoms with Crippen molar-refractivity contribution >= 4 is 23.0 Å². The number of nitrogen functional groups attached to an aromatic ring is 1. The quantitative estimate of drug-likeness (QED) is 0.364. The summed E-state index contributed by atoms with van der Waals surface area (Å²) in [4.78, 5) is 15.4. The third-order valence-electron chi connectivity index (χ3n) is 6.66. The average Bonchev–Trinajstić information content (AvgIpc) is 3.73. The number of ether oxygens (including phenoxy) is 1. The van der Waals surface area contributed by atoms with Crippen LogP contribution in [0, 0.1) is 11.3 Å². The van der Waals surface area contributed by atoms with Gasteiger partial charge in [-0.15, -0.1) is 0 Å². The number of nitrogens with zero attached hydrogens (tertiary/aromatic N) is 1. The van der Waals surface area contributed by atoms with E-state index in [9.17, 15) is 4.79 Å². The summed E-state index contributed by atoms with van der Waals surface area (Å²) in [6.45, 7) is 3.20. The molecule has 1 aliphatic heterocycles. The molecule has 2 fully saturated rings. The highest BCUT2D eigenvalue weighted by Gasteiger charge is 2.33. The molecule has 34 heavy (non-hydrogen) atoms. The van der Waals surface area contributed by atoms with E-state index in [0.717, 1.165) is 56.0 Å². The Morgan fingerprint density at radius 3 is 2.32 bits per heavy atom. The molecule has 6 heteroatoms. The smallest absolute Gasteiger partial charge is 0.251 e. The Labute approximate surface area is 200 Å². The van der Waals surface area contributed by atoms with E-state index >= 15 is 0 Å². The largest absolute Gasteiger partial charge is 0.398 e. The van der Waals surface area contributed by atoms with Crippen LogP contribution < -0.4 is 16.0 Å². The number of carbonyl (C=O) groups excluding carboxylic acids is 1. The van der Waals surface area contributed by atoms with Crippen molar-refractivity contribution in [2.75, 3.05) is 36.9 Å². The lowest BCUT2D eigenvalue weighted by atomic mass is 9.97. The van der Waals surface area contributed by atoms with Crippen LogP contribution in [-0.4, -0.2) is 37.9 Å². The molecular weight excluding hydrogens is 424 g/mol. The topological polar surface area (TPSA) is 91.4 Å². The van der Waals surface area contributed by atoms with Crippen molar-refractivity contribution in [3.63, 3.8) is 0 Å². The summed E-state index contributed by atoms with van der Waals surface area (Å²) in [6, 6.07) is 23.3. The van der Waals surface area contributed by atoms with Crippen LogP contribution in [0.1, 0.15) is 45.9 Å². The van der Waals surface area contributed by atoms with Crippen LogP contribution >= 0.6 is 0 Å². The third kappa shape index (κ3) is 4.82. The SMILES string of the molecule is N=C(c1ccc(N2CCOCC2)cc1)c1cc(C(=O)NC(c2ccccc2)C2CC2)ccc1N. The summed E-state index contributed by atoms with van der Waals surface area (Å²) in [7, 11) is 0. The van der Waals surface area contributed by atoms with Gasteiger partial charge < -0.3 is 20.7 Å². The summed E-state index contributed by atoms with van der Waals surface area (Å²) < 4.78 is 5.43. The van der Waals surface area contributed by atoms with Gasteiger partial charge in [-0.2, -0.15) is 0 Å². The lowest BCUT2D eigenvalue weighted by Gasteiger charge is -2.29. The van der Waals surface area contributed by atoms with Gasteiger partial charge in [-0.25, -0.2) is 0 Å². The first kappa shape index (κ1) is 22.2. The summed E-state index contributed by atoms with van der Waals surface area (Å²) in [5.74, 6) is 0.334. The fourth-order valence-corrected chi connectivity index (χ4v) is 4.52. The summed E-state index contributed by atoms with van der Waals surface area (Å²) in [5, 5.41) is 12.0. The molecule has 3 aromatic rings. The van der Waals surface area contributed by atoms with Gasteiger partial charge in [0.25, 0.3) is 5.91 Å². The zero-order valence-corrected chi connectivity index (χ0v) is 19.2. The van der Waals surface area contributed by atoms with Gasteiger partial charge in [0.1, 0.15) is 0 Å². The average molecular weight is 455 g/mol. The standard InChI is InChI=1S/C28H30N4O2/c29-25-13-10-22(28(33)31-27(21-6-7-21)20-4-2-1-3-5-20)18-24(25)26(30)19-8-11-23(12-9-19)32-14-16-34-17-15-32/h1-5,8-13,18,21,27,30H,6-7,14-17,29H2,(H,31,33). The number of hydrogen-bond donors (Lipinski definition) is 3. The number of morpholine rings is 1. The molecule has 0 aromatic heterocycles. The van der Waals surface area contributed by atoms with Gasteiger partial charge in [-0.1, -0.05) is 42.5 Å². The Morgan fingerprint density at radius 2 is 1.65 bits per heavy atom. The van der Waals surface area contributed by atoms with Crippen molar-refractivity contribution in [1.82, 2.24) is 5.32 Å². The van der Waals surface area contributed by atoms with Gasteiger partial charge >= 0.3 is 0 Å². The summed E-state index contributed by atoms with van der Waals surface area (Å²) in [5.41, 5.74) is 11.1. The number of nitrogens with two attached hydrogens (primary N) is 1. The van der Waals surface area contributed by atoms with Gasteiger partial charge in [-0.05, 0) is 54.7 Å². The highest BCUT2D eigenvalue weighted by Crippen LogP contribution is 2.41. The minimum atomic E-state index is -0.141. The maximum Gasteiger partial charge on any atom is 0.251 e. The second kappa shape index (κ2) is 9.69. The van der Waals surface area contributed by atoms with Gasteiger partial charge in [0.2, 0.25) is 0 Å². The number of hydrogen-bond acceptors (Lipinski definition) is 5. The molecular formula is C28H30N4O2. The molecule has 2 aliphatic rings. The van der Waals surface area contributed by atoms with Crippen LogP contribution in [0.15, 0.2) is 72.8 Å². The fourth-order valence-electron chi connectivity index (χ4n) is 4.52. The lowest BCUT2D eigenvalue weighted by Crippen LogP contribution is -2.36. The molecule has 1 atom stereocenters. The Bertz CT molecular complexity index is 1170. The number of benzene rings is 3. The first-order valence-corrected chi connectivity index (χ1v) is 11.9. The molecule has 1 saturated heterocycles. The van der Waals surface area contributed by atoms with E-state index in [0.29, 0.717) is 28.4 Å². The zero-order valence-electron chi connectivity index (χ0n) is 19.2. The Kier molecular flexibility index (Phi) is 6.32. The molecule has 1 unspecified atom stereocenters. The second-order valence-electron chi connectivity index (χ2n) is 9.02. The van der Waals surface area contributed by atoms with Crippen LogP contribution in [0.5, 0.6) is 0 Å². The molecule has 6 nitrogen and oxygen atoms in total. The minimum absolute atomic E-state index is 0.00175. The fraction of sp³-hybridized carbons (Fsp3) is 0.286. The van der Waals surface area contributed by atoms with E-state index in [1.807, 2.05) is 42.5 Å². The molecule has 1 amide bonds. The first-order chi connectivity index (χ1) is 16.6. The van der Waals surface area contributed by atoms with Crippen molar-refractivity contribution in [3.8, 4) is 0 Å². The molecule has 0 spiro atoms. The van der Waals surface area contributed by atoms with E-state index in [2.05, 4.69) is 22.3 Å². The molecule has 0 radical (unpaired) electrons. The van der Waals surface area contributed by atoms with Crippen LogP contribution in [0.25, 0.3) is 0 Å². The minimum Gasteiger partial charge on any atom is -0.398 e. The molecule has 1 aliphatic carbocycles. The maximum absolute atomic E-state index is 13.2. The molecule has 1 saturated carbocycles. The number of rotatable bonds is 7. The van der Waals surface area contributed by atoms with Crippen molar-refractivity contribution in [3.05, 3.63) is 95.1 Å². The number of carbonyl (C=O) groups is 1. The van der Waals surface area contributed by atoms with Crippen LogP contribution in [0.3, 0.4) is 0 Å². The Morgan fingerprint density at radius 1 is 0.971 bits per heavy atom. The zero-order chi connectivity index (χ0) is 23.5. The molecule has 3 aromatic carbocycles. The Hall–Kier alpha value is -3.64. The van der Waals surface area contributed by atoms with E-state index in [1.54, 1.807) is 18.2 Å².